The zero-order chi connectivity index (χ0) is 14.7. The summed E-state index contributed by atoms with van der Waals surface area (Å²) in [5.41, 5.74) is 9.85. The summed E-state index contributed by atoms with van der Waals surface area (Å²) in [6.45, 7) is 0. The number of anilines is 3. The summed E-state index contributed by atoms with van der Waals surface area (Å²) in [5.74, 6) is 0. The third-order valence-electron chi connectivity index (χ3n) is 2.93. The van der Waals surface area contributed by atoms with E-state index in [1.807, 2.05) is 41.8 Å². The molecule has 0 aliphatic carbocycles. The minimum atomic E-state index is 0.618. The number of hydrogen-bond acceptors (Lipinski definition) is 5. The largest absolute Gasteiger partial charge is 0.399 e. The lowest BCUT2D eigenvalue weighted by Crippen LogP contribution is -1.90. The van der Waals surface area contributed by atoms with Crippen molar-refractivity contribution in [2.75, 3.05) is 11.1 Å². The Morgan fingerprint density at radius 3 is 2.81 bits per heavy atom. The average molecular weight is 292 g/mol. The normalized spacial score (nSPS) is 10.0. The first-order valence-electron chi connectivity index (χ1n) is 6.33. The van der Waals surface area contributed by atoms with Gasteiger partial charge in [0.2, 0.25) is 0 Å². The second-order valence-corrected chi connectivity index (χ2v) is 5.34. The third-order valence-corrected chi connectivity index (χ3v) is 3.69. The van der Waals surface area contributed by atoms with Gasteiger partial charge in [-0.2, -0.15) is 5.26 Å². The molecule has 1 heterocycles. The minimum Gasteiger partial charge on any atom is -0.399 e. The number of thiazole rings is 1. The van der Waals surface area contributed by atoms with E-state index < -0.39 is 0 Å². The van der Waals surface area contributed by atoms with Crippen LogP contribution in [0.15, 0.2) is 53.9 Å². The first-order chi connectivity index (χ1) is 10.2. The van der Waals surface area contributed by atoms with Crippen molar-refractivity contribution >= 4 is 27.8 Å². The summed E-state index contributed by atoms with van der Waals surface area (Å²) >= 11 is 1.51. The van der Waals surface area contributed by atoms with Crippen LogP contribution in [0, 0.1) is 11.3 Å². The highest BCUT2D eigenvalue weighted by atomic mass is 32.1. The van der Waals surface area contributed by atoms with Crippen molar-refractivity contribution in [2.24, 2.45) is 0 Å². The number of benzene rings is 2. The molecular formula is C16H12N4S. The Morgan fingerprint density at radius 2 is 2.00 bits per heavy atom. The molecule has 5 heteroatoms. The van der Waals surface area contributed by atoms with Gasteiger partial charge in [-0.3, -0.25) is 0 Å². The van der Waals surface area contributed by atoms with Gasteiger partial charge in [0.05, 0.1) is 17.3 Å². The van der Waals surface area contributed by atoms with Crippen molar-refractivity contribution in [2.45, 2.75) is 0 Å². The van der Waals surface area contributed by atoms with Crippen molar-refractivity contribution in [3.05, 3.63) is 59.5 Å². The number of nitrogens with zero attached hydrogens (tertiary/aromatic N) is 2. The highest BCUT2D eigenvalue weighted by Crippen LogP contribution is 2.28. The summed E-state index contributed by atoms with van der Waals surface area (Å²) in [6, 6.07) is 17.1. The van der Waals surface area contributed by atoms with Crippen LogP contribution in [0.2, 0.25) is 0 Å². The molecule has 1 aromatic heterocycles. The number of nitriles is 1. The molecule has 3 N–H and O–H groups in total. The van der Waals surface area contributed by atoms with Crippen LogP contribution in [0.4, 0.5) is 16.5 Å². The van der Waals surface area contributed by atoms with Gasteiger partial charge in [-0.25, -0.2) is 4.98 Å². The summed E-state index contributed by atoms with van der Waals surface area (Å²) in [7, 11) is 0. The first-order valence-corrected chi connectivity index (χ1v) is 7.21. The van der Waals surface area contributed by atoms with Crippen LogP contribution in [0.25, 0.3) is 11.3 Å². The minimum absolute atomic E-state index is 0.618. The maximum absolute atomic E-state index is 8.90. The van der Waals surface area contributed by atoms with Crippen LogP contribution in [0.3, 0.4) is 0 Å². The topological polar surface area (TPSA) is 74.7 Å². The number of aromatic nitrogens is 1. The molecule has 0 aliphatic heterocycles. The van der Waals surface area contributed by atoms with Gasteiger partial charge in [0.25, 0.3) is 0 Å². The van der Waals surface area contributed by atoms with Crippen LogP contribution in [-0.2, 0) is 0 Å². The zero-order valence-corrected chi connectivity index (χ0v) is 11.9. The number of nitrogens with two attached hydrogens (primary N) is 1. The van der Waals surface area contributed by atoms with Crippen LogP contribution in [0.1, 0.15) is 5.56 Å². The van der Waals surface area contributed by atoms with E-state index >= 15 is 0 Å². The molecular weight excluding hydrogens is 280 g/mol. The van der Waals surface area contributed by atoms with Gasteiger partial charge in [-0.05, 0) is 30.3 Å². The second-order valence-electron chi connectivity index (χ2n) is 4.48. The molecule has 0 aliphatic rings. The Kier molecular flexibility index (Phi) is 3.54. The van der Waals surface area contributed by atoms with Gasteiger partial charge >= 0.3 is 0 Å². The summed E-state index contributed by atoms with van der Waals surface area (Å²) in [6.07, 6.45) is 0. The third kappa shape index (κ3) is 3.02. The predicted octanol–water partition coefficient (Wildman–Crippen LogP) is 4.01. The monoisotopic (exact) mass is 292 g/mol. The van der Waals surface area contributed by atoms with E-state index in [4.69, 9.17) is 11.0 Å². The van der Waals surface area contributed by atoms with Gasteiger partial charge in [0.1, 0.15) is 0 Å². The molecule has 0 bridgehead atoms. The fourth-order valence-electron chi connectivity index (χ4n) is 1.95. The number of nitrogens with one attached hydrogen (secondary N) is 1. The fraction of sp³-hybridized carbons (Fsp3) is 0. The molecule has 0 fully saturated rings. The Labute approximate surface area is 126 Å². The Morgan fingerprint density at radius 1 is 1.14 bits per heavy atom. The van der Waals surface area contributed by atoms with E-state index in [1.54, 1.807) is 12.1 Å². The van der Waals surface area contributed by atoms with Crippen molar-refractivity contribution < 1.29 is 0 Å². The molecule has 0 radical (unpaired) electrons. The fourth-order valence-corrected chi connectivity index (χ4v) is 2.69. The van der Waals surface area contributed by atoms with Crippen molar-refractivity contribution in [1.29, 1.82) is 5.26 Å². The molecule has 0 atom stereocenters. The molecule has 4 nitrogen and oxygen atoms in total. The Balaban J connectivity index is 1.84. The summed E-state index contributed by atoms with van der Waals surface area (Å²) in [5, 5.41) is 14.9. The zero-order valence-electron chi connectivity index (χ0n) is 11.1. The van der Waals surface area contributed by atoms with E-state index in [1.165, 1.54) is 11.3 Å². The molecule has 3 aromatic rings. The van der Waals surface area contributed by atoms with Gasteiger partial charge < -0.3 is 11.1 Å². The van der Waals surface area contributed by atoms with Crippen LogP contribution in [-0.4, -0.2) is 4.98 Å². The maximum atomic E-state index is 8.90. The van der Waals surface area contributed by atoms with Gasteiger partial charge in [0.15, 0.2) is 5.13 Å². The lowest BCUT2D eigenvalue weighted by atomic mass is 10.1. The average Bonchev–Trinajstić information content (AvgIpc) is 2.96. The Bertz CT molecular complexity index is 817. The lowest BCUT2D eigenvalue weighted by Gasteiger charge is -2.02. The molecule has 0 amide bonds. The van der Waals surface area contributed by atoms with Gasteiger partial charge in [-0.1, -0.05) is 18.2 Å². The SMILES string of the molecule is N#Cc1cccc(Nc2nc(-c3cccc(N)c3)cs2)c1. The van der Waals surface area contributed by atoms with E-state index in [9.17, 15) is 0 Å². The number of hydrogen-bond donors (Lipinski definition) is 2. The molecule has 3 rings (SSSR count). The number of nitrogen functional groups attached to an aromatic ring is 1. The van der Waals surface area contributed by atoms with Crippen molar-refractivity contribution in [1.82, 2.24) is 4.98 Å². The molecule has 102 valence electrons. The molecule has 21 heavy (non-hydrogen) atoms. The van der Waals surface area contributed by atoms with E-state index in [0.29, 0.717) is 5.56 Å². The van der Waals surface area contributed by atoms with E-state index in [0.717, 1.165) is 27.8 Å². The van der Waals surface area contributed by atoms with Crippen LogP contribution in [0.5, 0.6) is 0 Å². The summed E-state index contributed by atoms with van der Waals surface area (Å²) < 4.78 is 0. The van der Waals surface area contributed by atoms with Gasteiger partial charge in [-0.15, -0.1) is 11.3 Å². The maximum Gasteiger partial charge on any atom is 0.187 e. The van der Waals surface area contributed by atoms with Crippen molar-refractivity contribution in [3.63, 3.8) is 0 Å². The molecule has 2 aromatic carbocycles. The van der Waals surface area contributed by atoms with E-state index in [2.05, 4.69) is 16.4 Å². The molecule has 0 saturated carbocycles. The predicted molar refractivity (Wildman–Crippen MR) is 86.4 cm³/mol. The van der Waals surface area contributed by atoms with Crippen molar-refractivity contribution in [3.8, 4) is 17.3 Å². The Hall–Kier alpha value is -2.84. The molecule has 0 unspecified atom stereocenters. The quantitative estimate of drug-likeness (QED) is 0.715. The smallest absolute Gasteiger partial charge is 0.187 e. The highest BCUT2D eigenvalue weighted by Gasteiger charge is 2.05. The first kappa shape index (κ1) is 13.2. The lowest BCUT2D eigenvalue weighted by molar-refractivity contribution is 1.38. The number of rotatable bonds is 3. The molecule has 0 spiro atoms. The van der Waals surface area contributed by atoms with E-state index in [-0.39, 0.29) is 0 Å². The molecule has 0 saturated heterocycles. The van der Waals surface area contributed by atoms with Crippen LogP contribution < -0.4 is 11.1 Å². The summed E-state index contributed by atoms with van der Waals surface area (Å²) in [4.78, 5) is 4.54. The van der Waals surface area contributed by atoms with Crippen LogP contribution >= 0.6 is 11.3 Å². The second kappa shape index (κ2) is 5.65. The highest BCUT2D eigenvalue weighted by molar-refractivity contribution is 7.14. The van der Waals surface area contributed by atoms with Gasteiger partial charge in [0, 0.05) is 22.3 Å². The standard InChI is InChI=1S/C16H12N4S/c17-9-11-3-1-6-14(7-11)19-16-20-15(10-21-16)12-4-2-5-13(18)8-12/h1-8,10H,18H2,(H,19,20).